The molecule has 1 saturated heterocycles. The van der Waals surface area contributed by atoms with Gasteiger partial charge < -0.3 is 4.74 Å². The lowest BCUT2D eigenvalue weighted by molar-refractivity contribution is -0.0174. The van der Waals surface area contributed by atoms with Crippen molar-refractivity contribution in [2.45, 2.75) is 44.4 Å². The molecule has 3 fully saturated rings. The van der Waals surface area contributed by atoms with E-state index in [2.05, 4.69) is 15.3 Å². The standard InChI is InChI=1S/C14H20N2OS/c1-2-10(1)9-17-13-6-11-5-12(13)16(7-11)8-14-15-3-4-18-14/h3-4,10-13H,1-2,5-9H2. The van der Waals surface area contributed by atoms with Gasteiger partial charge in [-0.1, -0.05) is 0 Å². The number of fused-ring (bicyclic) bond motifs is 2. The lowest BCUT2D eigenvalue weighted by atomic mass is 10.1. The normalized spacial score (nSPS) is 35.4. The van der Waals surface area contributed by atoms with E-state index in [0.717, 1.165) is 25.0 Å². The number of aromatic nitrogens is 1. The molecule has 1 aromatic heterocycles. The molecule has 0 spiro atoms. The first-order valence-corrected chi connectivity index (χ1v) is 8.00. The van der Waals surface area contributed by atoms with Gasteiger partial charge in [-0.3, -0.25) is 4.90 Å². The van der Waals surface area contributed by atoms with Crippen LogP contribution in [0.3, 0.4) is 0 Å². The van der Waals surface area contributed by atoms with Crippen molar-refractivity contribution in [3.05, 3.63) is 16.6 Å². The number of hydrogen-bond acceptors (Lipinski definition) is 4. The van der Waals surface area contributed by atoms with E-state index >= 15 is 0 Å². The van der Waals surface area contributed by atoms with Gasteiger partial charge in [0.1, 0.15) is 5.01 Å². The summed E-state index contributed by atoms with van der Waals surface area (Å²) in [7, 11) is 0. The first kappa shape index (κ1) is 11.4. The number of hydrogen-bond donors (Lipinski definition) is 0. The van der Waals surface area contributed by atoms with Crippen molar-refractivity contribution in [1.29, 1.82) is 0 Å². The first-order valence-electron chi connectivity index (χ1n) is 7.12. The van der Waals surface area contributed by atoms with Crippen LogP contribution in [0.1, 0.15) is 30.7 Å². The maximum Gasteiger partial charge on any atom is 0.107 e. The largest absolute Gasteiger partial charge is 0.376 e. The monoisotopic (exact) mass is 264 g/mol. The van der Waals surface area contributed by atoms with E-state index in [1.165, 1.54) is 37.2 Å². The number of rotatable bonds is 5. The van der Waals surface area contributed by atoms with Gasteiger partial charge >= 0.3 is 0 Å². The molecule has 98 valence electrons. The Bertz CT molecular complexity index is 404. The summed E-state index contributed by atoms with van der Waals surface area (Å²) in [5.41, 5.74) is 0. The molecule has 4 heteroatoms. The second kappa shape index (κ2) is 4.58. The molecule has 3 nitrogen and oxygen atoms in total. The zero-order valence-corrected chi connectivity index (χ0v) is 11.4. The number of piperidine rings is 1. The molecule has 3 unspecified atom stereocenters. The SMILES string of the molecule is c1csc(CN2CC3CC(OCC4CC4)C2C3)n1. The van der Waals surface area contributed by atoms with Crippen molar-refractivity contribution in [2.75, 3.05) is 13.2 Å². The third-order valence-corrected chi connectivity index (χ3v) is 5.36. The van der Waals surface area contributed by atoms with Gasteiger partial charge in [-0.2, -0.15) is 0 Å². The van der Waals surface area contributed by atoms with E-state index in [1.54, 1.807) is 11.3 Å². The minimum absolute atomic E-state index is 0.504. The maximum absolute atomic E-state index is 6.15. The Morgan fingerprint density at radius 1 is 1.39 bits per heavy atom. The smallest absolute Gasteiger partial charge is 0.107 e. The van der Waals surface area contributed by atoms with Crippen molar-refractivity contribution in [3.8, 4) is 0 Å². The van der Waals surface area contributed by atoms with Crippen molar-refractivity contribution in [3.63, 3.8) is 0 Å². The van der Waals surface area contributed by atoms with Crippen LogP contribution in [0.15, 0.2) is 11.6 Å². The summed E-state index contributed by atoms with van der Waals surface area (Å²) in [5, 5.41) is 3.33. The van der Waals surface area contributed by atoms with E-state index in [1.807, 2.05) is 6.20 Å². The van der Waals surface area contributed by atoms with Gasteiger partial charge in [0.15, 0.2) is 0 Å². The molecule has 2 bridgehead atoms. The van der Waals surface area contributed by atoms with Gasteiger partial charge in [0, 0.05) is 30.8 Å². The summed E-state index contributed by atoms with van der Waals surface area (Å²) in [6.07, 6.45) is 7.85. The highest BCUT2D eigenvalue weighted by atomic mass is 32.1. The van der Waals surface area contributed by atoms with Crippen LogP contribution >= 0.6 is 11.3 Å². The molecule has 2 aliphatic carbocycles. The molecule has 2 saturated carbocycles. The van der Waals surface area contributed by atoms with E-state index in [9.17, 15) is 0 Å². The number of likely N-dealkylation sites (tertiary alicyclic amines) is 1. The molecule has 0 N–H and O–H groups in total. The Balaban J connectivity index is 1.37. The molecule has 1 aromatic rings. The summed E-state index contributed by atoms with van der Waals surface area (Å²) in [6, 6.07) is 0.664. The van der Waals surface area contributed by atoms with Gasteiger partial charge in [0.05, 0.1) is 12.6 Å². The van der Waals surface area contributed by atoms with Crippen LogP contribution in [0.4, 0.5) is 0 Å². The summed E-state index contributed by atoms with van der Waals surface area (Å²) in [4.78, 5) is 7.01. The number of thiazole rings is 1. The second-order valence-corrected chi connectivity index (χ2v) is 7.05. The van der Waals surface area contributed by atoms with Crippen molar-refractivity contribution in [1.82, 2.24) is 9.88 Å². The minimum atomic E-state index is 0.504. The van der Waals surface area contributed by atoms with E-state index in [-0.39, 0.29) is 0 Å². The fourth-order valence-electron chi connectivity index (χ4n) is 3.49. The number of ether oxygens (including phenoxy) is 1. The van der Waals surface area contributed by atoms with Crippen LogP contribution in [0.5, 0.6) is 0 Å². The zero-order valence-electron chi connectivity index (χ0n) is 10.6. The molecule has 2 heterocycles. The fourth-order valence-corrected chi connectivity index (χ4v) is 4.13. The molecule has 3 aliphatic rings. The van der Waals surface area contributed by atoms with Gasteiger partial charge in [-0.25, -0.2) is 4.98 Å². The lowest BCUT2D eigenvalue weighted by Gasteiger charge is -2.32. The maximum atomic E-state index is 6.15. The van der Waals surface area contributed by atoms with Crippen LogP contribution in [0.25, 0.3) is 0 Å². The summed E-state index contributed by atoms with van der Waals surface area (Å²) in [6.45, 7) is 3.30. The molecule has 4 rings (SSSR count). The topological polar surface area (TPSA) is 25.4 Å². The van der Waals surface area contributed by atoms with Crippen LogP contribution < -0.4 is 0 Å². The van der Waals surface area contributed by atoms with Crippen LogP contribution in [-0.4, -0.2) is 35.2 Å². The predicted octanol–water partition coefficient (Wildman–Crippen LogP) is 2.53. The molecular formula is C14H20N2OS. The Morgan fingerprint density at radius 2 is 2.33 bits per heavy atom. The van der Waals surface area contributed by atoms with Crippen molar-refractivity contribution >= 4 is 11.3 Å². The second-order valence-electron chi connectivity index (χ2n) is 6.08. The highest BCUT2D eigenvalue weighted by Crippen LogP contribution is 2.41. The predicted molar refractivity (Wildman–Crippen MR) is 71.5 cm³/mol. The first-order chi connectivity index (χ1) is 8.88. The van der Waals surface area contributed by atoms with Crippen LogP contribution in [-0.2, 0) is 11.3 Å². The lowest BCUT2D eigenvalue weighted by Crippen LogP contribution is -2.42. The highest BCUT2D eigenvalue weighted by Gasteiger charge is 2.45. The van der Waals surface area contributed by atoms with Gasteiger partial charge in [0.25, 0.3) is 0 Å². The number of nitrogens with zero attached hydrogens (tertiary/aromatic N) is 2. The quantitative estimate of drug-likeness (QED) is 0.817. The molecule has 0 amide bonds. The average Bonchev–Trinajstić information content (AvgIpc) is 2.79. The summed E-state index contributed by atoms with van der Waals surface area (Å²) in [5.74, 6) is 1.76. The Kier molecular flexibility index (Phi) is 2.90. The molecule has 0 radical (unpaired) electrons. The van der Waals surface area contributed by atoms with Crippen molar-refractivity contribution < 1.29 is 4.74 Å². The van der Waals surface area contributed by atoms with E-state index in [0.29, 0.717) is 12.1 Å². The van der Waals surface area contributed by atoms with E-state index < -0.39 is 0 Å². The Morgan fingerprint density at radius 3 is 3.06 bits per heavy atom. The summed E-state index contributed by atoms with van der Waals surface area (Å²) < 4.78 is 6.15. The Hall–Kier alpha value is -0.450. The summed E-state index contributed by atoms with van der Waals surface area (Å²) >= 11 is 1.77. The van der Waals surface area contributed by atoms with Gasteiger partial charge in [-0.05, 0) is 37.5 Å². The van der Waals surface area contributed by atoms with Gasteiger partial charge in [-0.15, -0.1) is 11.3 Å². The molecular weight excluding hydrogens is 244 g/mol. The average molecular weight is 264 g/mol. The molecule has 18 heavy (non-hydrogen) atoms. The highest BCUT2D eigenvalue weighted by molar-refractivity contribution is 7.09. The molecule has 1 aliphatic heterocycles. The fraction of sp³-hybridized carbons (Fsp3) is 0.786. The third-order valence-electron chi connectivity index (χ3n) is 4.60. The van der Waals surface area contributed by atoms with Crippen LogP contribution in [0, 0.1) is 11.8 Å². The molecule has 0 aromatic carbocycles. The Labute approximate surface area is 112 Å². The zero-order chi connectivity index (χ0) is 11.9. The minimum Gasteiger partial charge on any atom is -0.376 e. The van der Waals surface area contributed by atoms with E-state index in [4.69, 9.17) is 4.74 Å². The van der Waals surface area contributed by atoms with Crippen molar-refractivity contribution in [2.24, 2.45) is 11.8 Å². The third kappa shape index (κ3) is 2.22. The molecule has 3 atom stereocenters. The van der Waals surface area contributed by atoms with Crippen LogP contribution in [0.2, 0.25) is 0 Å². The van der Waals surface area contributed by atoms with Gasteiger partial charge in [0.2, 0.25) is 0 Å².